The third-order valence-electron chi connectivity index (χ3n) is 1.78. The lowest BCUT2D eigenvalue weighted by molar-refractivity contribution is 0.0606. The number of hydrogen-bond acceptors (Lipinski definition) is 4. The molecule has 0 fully saturated rings. The van der Waals surface area contributed by atoms with Gasteiger partial charge in [0.15, 0.2) is 10.0 Å². The van der Waals surface area contributed by atoms with Crippen LogP contribution in [0.1, 0.15) is 9.67 Å². The van der Waals surface area contributed by atoms with Crippen LogP contribution in [0, 0.1) is 0 Å². The Morgan fingerprint density at radius 1 is 1.67 bits per heavy atom. The summed E-state index contributed by atoms with van der Waals surface area (Å²) in [5.74, 6) is -0.463. The second kappa shape index (κ2) is 4.04. The number of aromatic amines is 1. The molecule has 0 bridgehead atoms. The average molecular weight is 243 g/mol. The van der Waals surface area contributed by atoms with E-state index < -0.39 is 5.97 Å². The smallest absolute Gasteiger partial charge is 0.351 e. The van der Waals surface area contributed by atoms with Crippen molar-refractivity contribution in [3.8, 4) is 10.7 Å². The number of H-pyrrole nitrogens is 1. The molecule has 0 aromatic carbocycles. The molecule has 0 amide bonds. The highest BCUT2D eigenvalue weighted by molar-refractivity contribution is 7.17. The minimum atomic E-state index is -0.463. The van der Waals surface area contributed by atoms with Crippen LogP contribution < -0.4 is 0 Å². The molecule has 2 aromatic rings. The number of nitrogens with zero attached hydrogens (tertiary/aromatic N) is 1. The van der Waals surface area contributed by atoms with Gasteiger partial charge in [-0.2, -0.15) is 0 Å². The monoisotopic (exact) mass is 242 g/mol. The highest BCUT2D eigenvalue weighted by Crippen LogP contribution is 2.30. The second-order valence-electron chi connectivity index (χ2n) is 2.71. The Morgan fingerprint density at radius 3 is 3.07 bits per heavy atom. The van der Waals surface area contributed by atoms with Gasteiger partial charge in [0, 0.05) is 6.20 Å². The molecule has 0 atom stereocenters. The van der Waals surface area contributed by atoms with Crippen LogP contribution >= 0.6 is 22.9 Å². The Hall–Kier alpha value is -1.33. The standard InChI is InChI=1S/C9H7ClN2O2S/c1-14-9(13)6-7(10)12-8(15-6)5-3-2-4-11-5/h2-4,11H,1H3. The summed E-state index contributed by atoms with van der Waals surface area (Å²) < 4.78 is 4.58. The second-order valence-corrected chi connectivity index (χ2v) is 4.07. The van der Waals surface area contributed by atoms with Crippen LogP contribution in [0.4, 0.5) is 0 Å². The van der Waals surface area contributed by atoms with Gasteiger partial charge in [-0.25, -0.2) is 9.78 Å². The molecule has 78 valence electrons. The maximum absolute atomic E-state index is 11.3. The van der Waals surface area contributed by atoms with Gasteiger partial charge in [-0.3, -0.25) is 0 Å². The molecule has 0 aliphatic rings. The molecule has 4 nitrogen and oxygen atoms in total. The van der Waals surface area contributed by atoms with Crippen LogP contribution in [0.3, 0.4) is 0 Å². The minimum Gasteiger partial charge on any atom is -0.465 e. The molecule has 0 saturated carbocycles. The fraction of sp³-hybridized carbons (Fsp3) is 0.111. The summed E-state index contributed by atoms with van der Waals surface area (Å²) in [7, 11) is 1.31. The van der Waals surface area contributed by atoms with Gasteiger partial charge in [-0.1, -0.05) is 11.6 Å². The fourth-order valence-electron chi connectivity index (χ4n) is 1.10. The number of esters is 1. The van der Waals surface area contributed by atoms with Gasteiger partial charge in [0.05, 0.1) is 12.8 Å². The zero-order chi connectivity index (χ0) is 10.8. The van der Waals surface area contributed by atoms with Crippen molar-refractivity contribution >= 4 is 28.9 Å². The highest BCUT2D eigenvalue weighted by atomic mass is 35.5. The van der Waals surface area contributed by atoms with E-state index in [4.69, 9.17) is 11.6 Å². The van der Waals surface area contributed by atoms with Crippen LogP contribution in [0.5, 0.6) is 0 Å². The van der Waals surface area contributed by atoms with Gasteiger partial charge in [0.2, 0.25) is 0 Å². The topological polar surface area (TPSA) is 55.0 Å². The van der Waals surface area contributed by atoms with Crippen molar-refractivity contribution in [1.82, 2.24) is 9.97 Å². The Kier molecular flexibility index (Phi) is 2.75. The van der Waals surface area contributed by atoms with Crippen molar-refractivity contribution in [2.75, 3.05) is 7.11 Å². The van der Waals surface area contributed by atoms with E-state index in [2.05, 4.69) is 14.7 Å². The van der Waals surface area contributed by atoms with Crippen LogP contribution in [-0.4, -0.2) is 23.0 Å². The summed E-state index contributed by atoms with van der Waals surface area (Å²) in [5, 5.41) is 0.849. The van der Waals surface area contributed by atoms with Gasteiger partial charge >= 0.3 is 5.97 Å². The normalized spacial score (nSPS) is 10.3. The minimum absolute atomic E-state index is 0.177. The molecule has 0 spiro atoms. The molecular formula is C9H7ClN2O2S. The molecule has 0 aliphatic carbocycles. The molecule has 0 aliphatic heterocycles. The van der Waals surface area contributed by atoms with E-state index in [9.17, 15) is 4.79 Å². The molecule has 6 heteroatoms. The third-order valence-corrected chi connectivity index (χ3v) is 3.24. The largest absolute Gasteiger partial charge is 0.465 e. The van der Waals surface area contributed by atoms with Crippen molar-refractivity contribution in [1.29, 1.82) is 0 Å². The number of ether oxygens (including phenoxy) is 1. The number of rotatable bonds is 2. The number of hydrogen-bond donors (Lipinski definition) is 1. The van der Waals surface area contributed by atoms with Crippen molar-refractivity contribution in [3.05, 3.63) is 28.4 Å². The molecule has 2 heterocycles. The maximum atomic E-state index is 11.3. The Balaban J connectivity index is 2.41. The number of aromatic nitrogens is 2. The van der Waals surface area contributed by atoms with E-state index in [-0.39, 0.29) is 5.15 Å². The van der Waals surface area contributed by atoms with E-state index in [0.29, 0.717) is 9.88 Å². The first-order chi connectivity index (χ1) is 7.22. The van der Waals surface area contributed by atoms with Crippen molar-refractivity contribution < 1.29 is 9.53 Å². The van der Waals surface area contributed by atoms with Crippen molar-refractivity contribution in [2.24, 2.45) is 0 Å². The summed E-state index contributed by atoms with van der Waals surface area (Å²) in [6.45, 7) is 0. The van der Waals surface area contributed by atoms with Crippen LogP contribution in [-0.2, 0) is 4.74 Å². The summed E-state index contributed by atoms with van der Waals surface area (Å²) >= 11 is 7.02. The molecule has 15 heavy (non-hydrogen) atoms. The van der Waals surface area contributed by atoms with Crippen molar-refractivity contribution in [2.45, 2.75) is 0 Å². The Morgan fingerprint density at radius 2 is 2.47 bits per heavy atom. The van der Waals surface area contributed by atoms with Crippen LogP contribution in [0.15, 0.2) is 18.3 Å². The number of methoxy groups -OCH3 is 1. The average Bonchev–Trinajstić information content (AvgIpc) is 2.84. The Bertz CT molecular complexity index is 478. The SMILES string of the molecule is COC(=O)c1sc(-c2ccc[nH]2)nc1Cl. The number of thiazole rings is 1. The molecule has 1 N–H and O–H groups in total. The van der Waals surface area contributed by atoms with E-state index in [1.807, 2.05) is 12.1 Å². The first kappa shape index (κ1) is 10.2. The number of nitrogens with one attached hydrogen (secondary N) is 1. The molecule has 2 aromatic heterocycles. The lowest BCUT2D eigenvalue weighted by Crippen LogP contribution is -1.98. The summed E-state index contributed by atoms with van der Waals surface area (Å²) in [6.07, 6.45) is 1.78. The predicted octanol–water partition coefficient (Wildman–Crippen LogP) is 2.58. The van der Waals surface area contributed by atoms with Gasteiger partial charge < -0.3 is 9.72 Å². The van der Waals surface area contributed by atoms with E-state index >= 15 is 0 Å². The van der Waals surface area contributed by atoms with Crippen molar-refractivity contribution in [3.63, 3.8) is 0 Å². The summed E-state index contributed by atoms with van der Waals surface area (Å²) in [5.41, 5.74) is 0.831. The van der Waals surface area contributed by atoms with Gasteiger partial charge in [0.25, 0.3) is 0 Å². The van der Waals surface area contributed by atoms with Gasteiger partial charge in [-0.05, 0) is 12.1 Å². The number of carbonyl (C=O) groups excluding carboxylic acids is 1. The predicted molar refractivity (Wildman–Crippen MR) is 58.3 cm³/mol. The van der Waals surface area contributed by atoms with E-state index in [1.54, 1.807) is 6.20 Å². The van der Waals surface area contributed by atoms with Gasteiger partial charge in [-0.15, -0.1) is 11.3 Å². The zero-order valence-electron chi connectivity index (χ0n) is 7.78. The molecule has 2 rings (SSSR count). The van der Waals surface area contributed by atoms with Crippen LogP contribution in [0.2, 0.25) is 5.15 Å². The fourth-order valence-corrected chi connectivity index (χ4v) is 2.29. The lowest BCUT2D eigenvalue weighted by Gasteiger charge is -1.92. The molecular weight excluding hydrogens is 236 g/mol. The summed E-state index contributed by atoms with van der Waals surface area (Å²) in [4.78, 5) is 18.7. The van der Waals surface area contributed by atoms with Crippen LogP contribution in [0.25, 0.3) is 10.7 Å². The van der Waals surface area contributed by atoms with E-state index in [1.165, 1.54) is 18.4 Å². The van der Waals surface area contributed by atoms with Gasteiger partial charge in [0.1, 0.15) is 5.01 Å². The maximum Gasteiger partial charge on any atom is 0.351 e. The molecule has 0 unspecified atom stereocenters. The number of carbonyl (C=O) groups is 1. The lowest BCUT2D eigenvalue weighted by atomic mass is 10.4. The quantitative estimate of drug-likeness (QED) is 0.824. The first-order valence-electron chi connectivity index (χ1n) is 4.10. The Labute approximate surface area is 94.9 Å². The number of halogens is 1. The molecule has 0 saturated heterocycles. The highest BCUT2D eigenvalue weighted by Gasteiger charge is 2.18. The first-order valence-corrected chi connectivity index (χ1v) is 5.30. The zero-order valence-corrected chi connectivity index (χ0v) is 9.35. The third kappa shape index (κ3) is 1.88. The molecule has 0 radical (unpaired) electrons. The summed E-state index contributed by atoms with van der Waals surface area (Å²) in [6, 6.07) is 3.71. The van der Waals surface area contributed by atoms with E-state index in [0.717, 1.165) is 5.69 Å².